The van der Waals surface area contributed by atoms with Crippen molar-refractivity contribution in [3.05, 3.63) is 0 Å². The first kappa shape index (κ1) is 18.4. The Kier molecular flexibility index (Phi) is 11.7. The van der Waals surface area contributed by atoms with Gasteiger partial charge in [0.1, 0.15) is 0 Å². The molecule has 11 heavy (non-hydrogen) atoms. The summed E-state index contributed by atoms with van der Waals surface area (Å²) in [6.07, 6.45) is 0. The second-order valence-corrected chi connectivity index (χ2v) is 3.19. The summed E-state index contributed by atoms with van der Waals surface area (Å²) in [7, 11) is -4.67. The summed E-state index contributed by atoms with van der Waals surface area (Å²) in [5, 5.41) is 0. The molecule has 0 aromatic rings. The van der Waals surface area contributed by atoms with Gasteiger partial charge < -0.3 is 0 Å². The van der Waals surface area contributed by atoms with Gasteiger partial charge in [-0.2, -0.15) is 8.42 Å². The zero-order valence-corrected chi connectivity index (χ0v) is 6.33. The summed E-state index contributed by atoms with van der Waals surface area (Å²) in [5.41, 5.74) is 0. The summed E-state index contributed by atoms with van der Waals surface area (Å²) in [5.74, 6) is 0. The standard InChI is InChI=1S/Cr.K.H2O4S.2H2O.2O.H/c;;1-5(2,3)4;;;;;/h;;(H2,1,2,3,4);2*1H2;;;/q+2;;;;;;;/p-2. The second kappa shape index (κ2) is 7.01. The van der Waals surface area contributed by atoms with Crippen LogP contribution >= 0.6 is 0 Å². The van der Waals surface area contributed by atoms with Gasteiger partial charge in [0.05, 0.1) is 0 Å². The van der Waals surface area contributed by atoms with Gasteiger partial charge in [-0.15, -0.1) is 0 Å². The molecule has 0 fully saturated rings. The summed E-state index contributed by atoms with van der Waals surface area (Å²) in [4.78, 5) is 0. The van der Waals surface area contributed by atoms with Gasteiger partial charge in [0, 0.05) is 0 Å². The van der Waals surface area contributed by atoms with Crippen molar-refractivity contribution in [2.45, 2.75) is 0 Å². The van der Waals surface area contributed by atoms with E-state index in [0.29, 0.717) is 0 Å². The summed E-state index contributed by atoms with van der Waals surface area (Å²) >= 11 is -5.25. The molecule has 0 atom stereocenters. The average Bonchev–Trinajstić information content (AvgIpc) is 1.12. The Morgan fingerprint density at radius 3 is 1.00 bits per heavy atom. The summed E-state index contributed by atoms with van der Waals surface area (Å²) in [6, 6.07) is 0. The van der Waals surface area contributed by atoms with Crippen molar-refractivity contribution in [3.63, 3.8) is 0 Å². The van der Waals surface area contributed by atoms with Crippen LogP contribution in [0.25, 0.3) is 0 Å². The van der Waals surface area contributed by atoms with Crippen molar-refractivity contribution in [2.24, 2.45) is 0 Å². The van der Waals surface area contributed by atoms with Crippen LogP contribution in [0.3, 0.4) is 0 Å². The first-order valence-electron chi connectivity index (χ1n) is 1.40. The third-order valence-corrected chi connectivity index (χ3v) is 0. The Labute approximate surface area is 107 Å². The van der Waals surface area contributed by atoms with Crippen LogP contribution in [0.4, 0.5) is 0 Å². The summed E-state index contributed by atoms with van der Waals surface area (Å²) < 4.78 is 63.5. The quantitative estimate of drug-likeness (QED) is 0.271. The van der Waals surface area contributed by atoms with Gasteiger partial charge in [0.2, 0.25) is 0 Å². The third kappa shape index (κ3) is 435. The molecule has 0 spiro atoms. The van der Waals surface area contributed by atoms with Crippen LogP contribution in [0.15, 0.2) is 0 Å². The molecule has 0 saturated carbocycles. The van der Waals surface area contributed by atoms with E-state index in [-0.39, 0.29) is 51.4 Å². The molecule has 0 radical (unpaired) electrons. The fourth-order valence-corrected chi connectivity index (χ4v) is 0. The predicted molar refractivity (Wildman–Crippen MR) is 27.1 cm³/mol. The molecule has 0 heterocycles. The van der Waals surface area contributed by atoms with E-state index in [4.69, 9.17) is 33.4 Å². The van der Waals surface area contributed by atoms with Crippen LogP contribution in [-0.4, -0.2) is 77.2 Å². The number of rotatable bonds is 0. The van der Waals surface area contributed by atoms with Crippen molar-refractivity contribution in [2.75, 3.05) is 0 Å². The molecule has 0 aliphatic rings. The Balaban J connectivity index is -0.000000107. The Hall–Kier alpha value is 1.56. The first-order chi connectivity index (χ1) is 4.00. The Morgan fingerprint density at radius 2 is 1.00 bits per heavy atom. The van der Waals surface area contributed by atoms with Crippen LogP contribution in [0, 0.1) is 0 Å². The van der Waals surface area contributed by atoms with Crippen molar-refractivity contribution >= 4 is 61.8 Å². The van der Waals surface area contributed by atoms with E-state index in [1.807, 2.05) is 0 Å². The van der Waals surface area contributed by atoms with E-state index in [2.05, 4.69) is 0 Å². The van der Waals surface area contributed by atoms with Crippen molar-refractivity contribution in [1.82, 2.24) is 0 Å². The molecule has 0 saturated heterocycles. The van der Waals surface area contributed by atoms with E-state index in [0.717, 1.165) is 0 Å². The number of hydrogen-bond donors (Lipinski definition) is 4. The van der Waals surface area contributed by atoms with E-state index in [1.54, 1.807) is 0 Å². The molecule has 8 nitrogen and oxygen atoms in total. The van der Waals surface area contributed by atoms with Gasteiger partial charge in [-0.3, -0.25) is 9.11 Å². The Morgan fingerprint density at radius 1 is 1.00 bits per heavy atom. The minimum atomic E-state index is -5.25. The van der Waals surface area contributed by atoms with Crippen LogP contribution in [-0.2, 0) is 31.6 Å². The van der Waals surface area contributed by atoms with Gasteiger partial charge in [0.25, 0.3) is 0 Å². The topological polar surface area (TPSA) is 149 Å². The minimum absolute atomic E-state index is 0. The van der Waals surface area contributed by atoms with E-state index in [9.17, 15) is 0 Å². The molecule has 0 aliphatic carbocycles. The van der Waals surface area contributed by atoms with E-state index < -0.39 is 24.0 Å². The molecule has 4 N–H and O–H groups in total. The van der Waals surface area contributed by atoms with Crippen LogP contribution in [0.2, 0.25) is 0 Å². The van der Waals surface area contributed by atoms with E-state index >= 15 is 0 Å². The monoisotopic (exact) mass is 256 g/mol. The van der Waals surface area contributed by atoms with Gasteiger partial charge in [0.15, 0.2) is 0 Å². The molecule has 0 aromatic heterocycles. The molecule has 11 heteroatoms. The van der Waals surface area contributed by atoms with Crippen LogP contribution in [0.1, 0.15) is 0 Å². The SMILES string of the molecule is O=S(=O)(O)O.[KH].[O]=[Cr](=[O])([OH])[OH]. The Bertz CT molecular complexity index is 210. The fraction of sp³-hybridized carbons (Fsp3) is 0. The second-order valence-electron chi connectivity index (χ2n) is 0.896. The van der Waals surface area contributed by atoms with E-state index in [1.165, 1.54) is 0 Å². The molecule has 0 aromatic carbocycles. The zero-order chi connectivity index (χ0) is 9.00. The van der Waals surface area contributed by atoms with Gasteiger partial charge in [-0.05, 0) is 0 Å². The zero-order valence-electron chi connectivity index (χ0n) is 4.24. The molecular formula is H5CrKO8S. The molecule has 0 aliphatic heterocycles. The molecule has 66 valence electrons. The average molecular weight is 256 g/mol. The molecule has 0 amide bonds. The van der Waals surface area contributed by atoms with Crippen molar-refractivity contribution < 1.29 is 47.1 Å². The molecule has 0 rings (SSSR count). The molecule has 0 unspecified atom stereocenters. The first-order valence-corrected chi connectivity index (χ1v) is 4.98. The number of hydrogen-bond acceptors (Lipinski definition) is 4. The van der Waals surface area contributed by atoms with Crippen molar-refractivity contribution in [1.29, 1.82) is 0 Å². The molecule has 0 bridgehead atoms. The van der Waals surface area contributed by atoms with Gasteiger partial charge >= 0.3 is 91.3 Å². The van der Waals surface area contributed by atoms with Crippen molar-refractivity contribution in [3.8, 4) is 0 Å². The molecular weight excluding hydrogens is 251 g/mol. The normalized spacial score (nSPS) is 10.5. The third-order valence-electron chi connectivity index (χ3n) is 0. The van der Waals surface area contributed by atoms with Gasteiger partial charge in [-0.1, -0.05) is 0 Å². The predicted octanol–water partition coefficient (Wildman–Crippen LogP) is -2.66. The van der Waals surface area contributed by atoms with Crippen LogP contribution < -0.4 is 0 Å². The maximum absolute atomic E-state index is 8.82. The maximum atomic E-state index is 8.82. The fourth-order valence-electron chi connectivity index (χ4n) is 0. The van der Waals surface area contributed by atoms with Crippen LogP contribution in [0.5, 0.6) is 0 Å². The summed E-state index contributed by atoms with van der Waals surface area (Å²) in [6.45, 7) is 0. The van der Waals surface area contributed by atoms with Gasteiger partial charge in [-0.25, -0.2) is 0 Å².